The number of nitrogens with one attached hydrogen (secondary N) is 1. The maximum atomic E-state index is 11.9. The fourth-order valence-corrected chi connectivity index (χ4v) is 2.53. The number of carbonyl (C=O) groups is 1. The predicted octanol–water partition coefficient (Wildman–Crippen LogP) is 0.702. The molecule has 1 saturated carbocycles. The van der Waals surface area contributed by atoms with Gasteiger partial charge in [-0.1, -0.05) is 0 Å². The topological polar surface area (TPSA) is 32.3 Å². The van der Waals surface area contributed by atoms with Gasteiger partial charge in [-0.05, 0) is 32.1 Å². The van der Waals surface area contributed by atoms with E-state index in [1.165, 1.54) is 12.8 Å². The molecule has 2 fully saturated rings. The summed E-state index contributed by atoms with van der Waals surface area (Å²) in [6.45, 7) is 2.07. The summed E-state index contributed by atoms with van der Waals surface area (Å²) in [4.78, 5) is 14.0. The number of hydrogen-bond donors (Lipinski definition) is 1. The SMILES string of the molecule is CSCC(=O)N(C1CC1)C1CCNC1. The standard InChI is InChI=1S/C10H18N2OS/c1-14-7-10(13)12(8-2-3-8)9-4-5-11-6-9/h8-9,11H,2-7H2,1H3. The van der Waals surface area contributed by atoms with Gasteiger partial charge in [0, 0.05) is 18.6 Å². The molecule has 80 valence electrons. The van der Waals surface area contributed by atoms with Crippen molar-refractivity contribution in [3.05, 3.63) is 0 Å². The maximum Gasteiger partial charge on any atom is 0.233 e. The van der Waals surface area contributed by atoms with Crippen molar-refractivity contribution in [1.82, 2.24) is 10.2 Å². The van der Waals surface area contributed by atoms with Crippen molar-refractivity contribution >= 4 is 17.7 Å². The lowest BCUT2D eigenvalue weighted by molar-refractivity contribution is -0.130. The van der Waals surface area contributed by atoms with Crippen LogP contribution in [0, 0.1) is 0 Å². The van der Waals surface area contributed by atoms with Crippen molar-refractivity contribution in [3.8, 4) is 0 Å². The highest BCUT2D eigenvalue weighted by Crippen LogP contribution is 2.30. The molecule has 1 aliphatic heterocycles. The molecule has 2 rings (SSSR count). The molecule has 2 aliphatic rings. The number of rotatable bonds is 4. The highest BCUT2D eigenvalue weighted by atomic mass is 32.2. The Kier molecular flexibility index (Phi) is 3.34. The van der Waals surface area contributed by atoms with E-state index in [4.69, 9.17) is 0 Å². The van der Waals surface area contributed by atoms with Gasteiger partial charge in [-0.15, -0.1) is 0 Å². The van der Waals surface area contributed by atoms with Gasteiger partial charge in [0.1, 0.15) is 0 Å². The highest BCUT2D eigenvalue weighted by molar-refractivity contribution is 7.99. The molecule has 0 aromatic heterocycles. The monoisotopic (exact) mass is 214 g/mol. The summed E-state index contributed by atoms with van der Waals surface area (Å²) in [6, 6.07) is 1.04. The van der Waals surface area contributed by atoms with Crippen LogP contribution in [0.4, 0.5) is 0 Å². The second kappa shape index (κ2) is 4.53. The van der Waals surface area contributed by atoms with E-state index in [0.717, 1.165) is 19.5 Å². The van der Waals surface area contributed by atoms with Crippen LogP contribution in [0.1, 0.15) is 19.3 Å². The zero-order valence-electron chi connectivity index (χ0n) is 8.66. The Labute approximate surface area is 89.6 Å². The average Bonchev–Trinajstić information content (AvgIpc) is 2.82. The van der Waals surface area contributed by atoms with E-state index in [0.29, 0.717) is 23.7 Å². The van der Waals surface area contributed by atoms with Gasteiger partial charge in [-0.25, -0.2) is 0 Å². The van der Waals surface area contributed by atoms with Gasteiger partial charge in [0.15, 0.2) is 0 Å². The van der Waals surface area contributed by atoms with Crippen molar-refractivity contribution in [1.29, 1.82) is 0 Å². The summed E-state index contributed by atoms with van der Waals surface area (Å²) in [5.41, 5.74) is 0. The van der Waals surface area contributed by atoms with Crippen LogP contribution in [0.25, 0.3) is 0 Å². The zero-order chi connectivity index (χ0) is 9.97. The van der Waals surface area contributed by atoms with Crippen LogP contribution in [0.15, 0.2) is 0 Å². The molecular formula is C10H18N2OS. The van der Waals surface area contributed by atoms with E-state index in [2.05, 4.69) is 10.2 Å². The van der Waals surface area contributed by atoms with E-state index < -0.39 is 0 Å². The molecule has 0 spiro atoms. The van der Waals surface area contributed by atoms with E-state index in [-0.39, 0.29) is 0 Å². The van der Waals surface area contributed by atoms with Gasteiger partial charge in [-0.3, -0.25) is 4.79 Å². The molecule has 1 saturated heterocycles. The molecular weight excluding hydrogens is 196 g/mol. The van der Waals surface area contributed by atoms with E-state index in [1.54, 1.807) is 11.8 Å². The first-order valence-electron chi connectivity index (χ1n) is 5.33. The van der Waals surface area contributed by atoms with Crippen molar-refractivity contribution < 1.29 is 4.79 Å². The summed E-state index contributed by atoms with van der Waals surface area (Å²) in [5, 5.41) is 3.33. The fraction of sp³-hybridized carbons (Fsp3) is 0.900. The molecule has 0 bridgehead atoms. The van der Waals surface area contributed by atoms with Crippen LogP contribution in [-0.2, 0) is 4.79 Å². The molecule has 1 unspecified atom stereocenters. The highest BCUT2D eigenvalue weighted by Gasteiger charge is 2.37. The minimum absolute atomic E-state index is 0.341. The van der Waals surface area contributed by atoms with Crippen LogP contribution >= 0.6 is 11.8 Å². The Hall–Kier alpha value is -0.220. The first-order valence-corrected chi connectivity index (χ1v) is 6.73. The number of nitrogens with zero attached hydrogens (tertiary/aromatic N) is 1. The van der Waals surface area contributed by atoms with E-state index in [9.17, 15) is 4.79 Å². The van der Waals surface area contributed by atoms with E-state index in [1.807, 2.05) is 6.26 Å². The van der Waals surface area contributed by atoms with Crippen LogP contribution < -0.4 is 5.32 Å². The van der Waals surface area contributed by atoms with Gasteiger partial charge in [0.05, 0.1) is 5.75 Å². The Morgan fingerprint density at radius 3 is 2.71 bits per heavy atom. The van der Waals surface area contributed by atoms with Crippen LogP contribution in [0.3, 0.4) is 0 Å². The van der Waals surface area contributed by atoms with Crippen molar-refractivity contribution in [2.24, 2.45) is 0 Å². The first kappa shape index (κ1) is 10.3. The van der Waals surface area contributed by atoms with E-state index >= 15 is 0 Å². The third-order valence-corrected chi connectivity index (χ3v) is 3.46. The van der Waals surface area contributed by atoms with Gasteiger partial charge >= 0.3 is 0 Å². The fourth-order valence-electron chi connectivity index (χ4n) is 2.13. The molecule has 1 N–H and O–H groups in total. The molecule has 0 radical (unpaired) electrons. The lowest BCUT2D eigenvalue weighted by Crippen LogP contribution is -2.44. The molecule has 1 atom stereocenters. The van der Waals surface area contributed by atoms with Gasteiger partial charge < -0.3 is 10.2 Å². The average molecular weight is 214 g/mol. The first-order chi connectivity index (χ1) is 6.83. The van der Waals surface area contributed by atoms with Crippen LogP contribution in [0.2, 0.25) is 0 Å². The summed E-state index contributed by atoms with van der Waals surface area (Å²) in [5.74, 6) is 0.987. The predicted molar refractivity (Wildman–Crippen MR) is 59.5 cm³/mol. The third kappa shape index (κ3) is 2.23. The normalized spacial score (nSPS) is 26.5. The van der Waals surface area contributed by atoms with Crippen molar-refractivity contribution in [2.75, 3.05) is 25.1 Å². The Morgan fingerprint density at radius 2 is 2.21 bits per heavy atom. The van der Waals surface area contributed by atoms with Crippen molar-refractivity contribution in [3.63, 3.8) is 0 Å². The summed E-state index contributed by atoms with van der Waals surface area (Å²) in [6.07, 6.45) is 5.57. The largest absolute Gasteiger partial charge is 0.335 e. The molecule has 0 aromatic carbocycles. The number of thioether (sulfide) groups is 1. The molecule has 14 heavy (non-hydrogen) atoms. The van der Waals surface area contributed by atoms with Gasteiger partial charge in [0.2, 0.25) is 5.91 Å². The Morgan fingerprint density at radius 1 is 1.43 bits per heavy atom. The summed E-state index contributed by atoms with van der Waals surface area (Å²) in [7, 11) is 0. The molecule has 4 heteroatoms. The molecule has 1 amide bonds. The number of hydrogen-bond acceptors (Lipinski definition) is 3. The second-order valence-electron chi connectivity index (χ2n) is 4.11. The minimum atomic E-state index is 0.341. The van der Waals surface area contributed by atoms with Crippen molar-refractivity contribution in [2.45, 2.75) is 31.3 Å². The Bertz CT molecular complexity index is 212. The minimum Gasteiger partial charge on any atom is -0.335 e. The lowest BCUT2D eigenvalue weighted by atomic mass is 10.2. The third-order valence-electron chi connectivity index (χ3n) is 2.92. The number of carbonyl (C=O) groups excluding carboxylic acids is 1. The summed E-state index contributed by atoms with van der Waals surface area (Å²) >= 11 is 1.63. The molecule has 1 aliphatic carbocycles. The maximum absolute atomic E-state index is 11.9. The lowest BCUT2D eigenvalue weighted by Gasteiger charge is -2.28. The van der Waals surface area contributed by atoms with Crippen LogP contribution in [-0.4, -0.2) is 48.0 Å². The molecule has 1 heterocycles. The Balaban J connectivity index is 1.95. The van der Waals surface area contributed by atoms with Gasteiger partial charge in [0.25, 0.3) is 0 Å². The quantitative estimate of drug-likeness (QED) is 0.748. The van der Waals surface area contributed by atoms with Crippen LogP contribution in [0.5, 0.6) is 0 Å². The summed E-state index contributed by atoms with van der Waals surface area (Å²) < 4.78 is 0. The molecule has 0 aromatic rings. The zero-order valence-corrected chi connectivity index (χ0v) is 9.48. The number of amides is 1. The van der Waals surface area contributed by atoms with Gasteiger partial charge in [-0.2, -0.15) is 11.8 Å². The second-order valence-corrected chi connectivity index (χ2v) is 4.98. The smallest absolute Gasteiger partial charge is 0.233 e. The molecule has 3 nitrogen and oxygen atoms in total.